The first kappa shape index (κ1) is 9.54. The normalized spacial score (nSPS) is 20.4. The smallest absolute Gasteiger partial charge is 0.265 e. The van der Waals surface area contributed by atoms with Crippen LogP contribution in [0.1, 0.15) is 23.5 Å². The molecule has 2 heterocycles. The van der Waals surface area contributed by atoms with E-state index in [4.69, 9.17) is 4.42 Å². The molecule has 1 N–H and O–H groups in total. The molecule has 0 bridgehead atoms. The fourth-order valence-electron chi connectivity index (χ4n) is 2.03. The maximum atomic E-state index is 12.0. The maximum absolute atomic E-state index is 12.0. The van der Waals surface area contributed by atoms with Crippen molar-refractivity contribution in [3.05, 3.63) is 30.2 Å². The van der Waals surface area contributed by atoms with Gasteiger partial charge in [0.1, 0.15) is 5.52 Å². The molecule has 1 fully saturated rings. The third-order valence-corrected chi connectivity index (χ3v) is 2.88. The van der Waals surface area contributed by atoms with Crippen molar-refractivity contribution in [3.8, 4) is 0 Å². The number of para-hydroxylation sites is 2. The van der Waals surface area contributed by atoms with Crippen molar-refractivity contribution in [3.63, 3.8) is 0 Å². The van der Waals surface area contributed by atoms with Crippen LogP contribution < -0.4 is 5.32 Å². The molecular formula is C12H12N2O2. The van der Waals surface area contributed by atoms with Crippen LogP contribution in [0.4, 0.5) is 0 Å². The van der Waals surface area contributed by atoms with Crippen molar-refractivity contribution in [1.29, 1.82) is 0 Å². The standard InChI is InChI=1S/C12H12N2O2/c15-11(9-5-3-7-13-9)12-14-8-4-1-2-6-10(8)16-12/h1-2,4,6,9,13H,3,5,7H2/t9-/m0/s1. The molecule has 0 radical (unpaired) electrons. The number of rotatable bonds is 2. The van der Waals surface area contributed by atoms with Crippen LogP contribution in [-0.4, -0.2) is 23.4 Å². The van der Waals surface area contributed by atoms with E-state index < -0.39 is 0 Å². The zero-order chi connectivity index (χ0) is 11.0. The monoisotopic (exact) mass is 216 g/mol. The van der Waals surface area contributed by atoms with E-state index in [9.17, 15) is 4.79 Å². The van der Waals surface area contributed by atoms with Crippen molar-refractivity contribution >= 4 is 16.9 Å². The van der Waals surface area contributed by atoms with E-state index in [1.54, 1.807) is 0 Å². The molecule has 3 rings (SSSR count). The molecule has 4 heteroatoms. The van der Waals surface area contributed by atoms with Crippen molar-refractivity contribution in [2.45, 2.75) is 18.9 Å². The number of nitrogens with zero attached hydrogens (tertiary/aromatic N) is 1. The Hall–Kier alpha value is -1.68. The lowest BCUT2D eigenvalue weighted by atomic mass is 10.1. The van der Waals surface area contributed by atoms with Crippen molar-refractivity contribution in [2.24, 2.45) is 0 Å². The molecule has 0 saturated carbocycles. The van der Waals surface area contributed by atoms with Gasteiger partial charge in [-0.05, 0) is 31.5 Å². The van der Waals surface area contributed by atoms with Crippen molar-refractivity contribution < 1.29 is 9.21 Å². The first-order valence-corrected chi connectivity index (χ1v) is 5.48. The van der Waals surface area contributed by atoms with Gasteiger partial charge in [0.25, 0.3) is 5.89 Å². The van der Waals surface area contributed by atoms with Gasteiger partial charge in [-0.3, -0.25) is 4.79 Å². The first-order chi connectivity index (χ1) is 7.84. The fourth-order valence-corrected chi connectivity index (χ4v) is 2.03. The minimum Gasteiger partial charge on any atom is -0.434 e. The Balaban J connectivity index is 1.96. The molecule has 0 aliphatic carbocycles. The molecule has 16 heavy (non-hydrogen) atoms. The van der Waals surface area contributed by atoms with Crippen LogP contribution in [0.15, 0.2) is 28.7 Å². The molecule has 82 valence electrons. The summed E-state index contributed by atoms with van der Waals surface area (Å²) in [4.78, 5) is 16.2. The Morgan fingerprint density at radius 1 is 1.44 bits per heavy atom. The lowest BCUT2D eigenvalue weighted by Crippen LogP contribution is -2.30. The first-order valence-electron chi connectivity index (χ1n) is 5.48. The van der Waals surface area contributed by atoms with Crippen LogP contribution in [0.3, 0.4) is 0 Å². The molecular weight excluding hydrogens is 204 g/mol. The topological polar surface area (TPSA) is 55.1 Å². The van der Waals surface area contributed by atoms with Gasteiger partial charge >= 0.3 is 0 Å². The van der Waals surface area contributed by atoms with Gasteiger partial charge in [-0.2, -0.15) is 0 Å². The van der Waals surface area contributed by atoms with Crippen LogP contribution in [0.5, 0.6) is 0 Å². The number of aromatic nitrogens is 1. The molecule has 1 aromatic carbocycles. The van der Waals surface area contributed by atoms with E-state index in [1.165, 1.54) is 0 Å². The van der Waals surface area contributed by atoms with E-state index in [1.807, 2.05) is 24.3 Å². The SMILES string of the molecule is O=C(c1nc2ccccc2o1)[C@@H]1CCCN1. The Bertz CT molecular complexity index is 494. The molecule has 1 aromatic heterocycles. The van der Waals surface area contributed by atoms with Crippen LogP contribution >= 0.6 is 0 Å². The molecule has 0 amide bonds. The van der Waals surface area contributed by atoms with Gasteiger partial charge in [-0.1, -0.05) is 12.1 Å². The summed E-state index contributed by atoms with van der Waals surface area (Å²) >= 11 is 0. The molecule has 1 atom stereocenters. The zero-order valence-electron chi connectivity index (χ0n) is 8.77. The minimum absolute atomic E-state index is 0.0336. The summed E-state index contributed by atoms with van der Waals surface area (Å²) in [6, 6.07) is 7.30. The van der Waals surface area contributed by atoms with E-state index in [0.29, 0.717) is 5.58 Å². The Kier molecular flexibility index (Phi) is 2.22. The molecule has 0 spiro atoms. The zero-order valence-corrected chi connectivity index (χ0v) is 8.77. The van der Waals surface area contributed by atoms with Gasteiger partial charge in [0.15, 0.2) is 5.58 Å². The van der Waals surface area contributed by atoms with E-state index in [0.717, 1.165) is 24.9 Å². The number of fused-ring (bicyclic) bond motifs is 1. The third kappa shape index (κ3) is 1.51. The number of oxazole rings is 1. The van der Waals surface area contributed by atoms with E-state index >= 15 is 0 Å². The van der Waals surface area contributed by atoms with Crippen molar-refractivity contribution in [2.75, 3.05) is 6.54 Å². The fraction of sp³-hybridized carbons (Fsp3) is 0.333. The summed E-state index contributed by atoms with van der Waals surface area (Å²) in [5.41, 5.74) is 1.41. The van der Waals surface area contributed by atoms with Gasteiger partial charge in [0, 0.05) is 0 Å². The summed E-state index contributed by atoms with van der Waals surface area (Å²) in [5, 5.41) is 3.15. The molecule has 0 unspecified atom stereocenters. The van der Waals surface area contributed by atoms with Gasteiger partial charge in [-0.25, -0.2) is 4.98 Å². The number of Topliss-reactive ketones (excluding diaryl/α,β-unsaturated/α-hetero) is 1. The Labute approximate surface area is 92.7 Å². The molecule has 1 aliphatic heterocycles. The highest BCUT2D eigenvalue weighted by atomic mass is 16.4. The summed E-state index contributed by atoms with van der Waals surface area (Å²) in [7, 11) is 0. The number of ketones is 1. The van der Waals surface area contributed by atoms with Gasteiger partial charge in [-0.15, -0.1) is 0 Å². The summed E-state index contributed by atoms with van der Waals surface area (Å²) in [6.07, 6.45) is 1.91. The number of carbonyl (C=O) groups is 1. The number of nitrogens with one attached hydrogen (secondary N) is 1. The Morgan fingerprint density at radius 2 is 2.31 bits per heavy atom. The minimum atomic E-state index is -0.118. The Morgan fingerprint density at radius 3 is 3.06 bits per heavy atom. The van der Waals surface area contributed by atoms with Crippen LogP contribution in [-0.2, 0) is 0 Å². The van der Waals surface area contributed by atoms with E-state index in [2.05, 4.69) is 10.3 Å². The number of benzene rings is 1. The summed E-state index contributed by atoms with van der Waals surface area (Å²) in [5.74, 6) is 0.189. The second-order valence-corrected chi connectivity index (χ2v) is 4.00. The van der Waals surface area contributed by atoms with Crippen molar-refractivity contribution in [1.82, 2.24) is 10.3 Å². The van der Waals surface area contributed by atoms with Crippen LogP contribution in [0.2, 0.25) is 0 Å². The van der Waals surface area contributed by atoms with Gasteiger partial charge in [0.2, 0.25) is 5.78 Å². The maximum Gasteiger partial charge on any atom is 0.265 e. The number of hydrogen-bond donors (Lipinski definition) is 1. The average molecular weight is 216 g/mol. The number of hydrogen-bond acceptors (Lipinski definition) is 4. The third-order valence-electron chi connectivity index (χ3n) is 2.88. The quantitative estimate of drug-likeness (QED) is 0.777. The summed E-state index contributed by atoms with van der Waals surface area (Å²) < 4.78 is 5.44. The second-order valence-electron chi connectivity index (χ2n) is 4.00. The van der Waals surface area contributed by atoms with Crippen LogP contribution in [0, 0.1) is 0 Å². The van der Waals surface area contributed by atoms with E-state index in [-0.39, 0.29) is 17.7 Å². The van der Waals surface area contributed by atoms with Gasteiger partial charge in [0.05, 0.1) is 6.04 Å². The molecule has 1 aliphatic rings. The average Bonchev–Trinajstić information content (AvgIpc) is 2.97. The molecule has 2 aromatic rings. The largest absolute Gasteiger partial charge is 0.434 e. The predicted molar refractivity (Wildman–Crippen MR) is 59.4 cm³/mol. The number of carbonyl (C=O) groups excluding carboxylic acids is 1. The lowest BCUT2D eigenvalue weighted by Gasteiger charge is -2.04. The molecule has 4 nitrogen and oxygen atoms in total. The van der Waals surface area contributed by atoms with Crippen LogP contribution in [0.25, 0.3) is 11.1 Å². The highest BCUT2D eigenvalue weighted by Gasteiger charge is 2.27. The van der Waals surface area contributed by atoms with Gasteiger partial charge < -0.3 is 9.73 Å². The highest BCUT2D eigenvalue weighted by Crippen LogP contribution is 2.18. The second kappa shape index (κ2) is 3.72. The predicted octanol–water partition coefficient (Wildman–Crippen LogP) is 1.76. The lowest BCUT2D eigenvalue weighted by molar-refractivity contribution is 0.0920. The molecule has 1 saturated heterocycles. The summed E-state index contributed by atoms with van der Waals surface area (Å²) in [6.45, 7) is 0.899. The highest BCUT2D eigenvalue weighted by molar-refractivity contribution is 5.98.